The molecule has 16 heavy (non-hydrogen) atoms. The minimum Gasteiger partial charge on any atom is -0.463 e. The molecular weight excluding hydrogens is 214 g/mol. The van der Waals surface area contributed by atoms with E-state index in [9.17, 15) is 4.79 Å². The molecule has 0 aromatic rings. The molecule has 6 heteroatoms. The van der Waals surface area contributed by atoms with E-state index in [1.807, 2.05) is 4.90 Å². The first-order chi connectivity index (χ1) is 7.76. The monoisotopic (exact) mass is 233 g/mol. The van der Waals surface area contributed by atoms with Crippen molar-refractivity contribution in [3.8, 4) is 0 Å². The lowest BCUT2D eigenvalue weighted by molar-refractivity contribution is -0.144. The maximum Gasteiger partial charge on any atom is 0.307 e. The van der Waals surface area contributed by atoms with E-state index in [1.54, 1.807) is 0 Å². The quantitative estimate of drug-likeness (QED) is 0.377. The number of hydrogen-bond acceptors (Lipinski definition) is 6. The number of epoxide rings is 1. The Bertz CT molecular complexity index is 201. The zero-order chi connectivity index (χ0) is 11.8. The maximum atomic E-state index is 11.3. The molecule has 0 aromatic carbocycles. The molecule has 1 aliphatic heterocycles. The van der Waals surface area contributed by atoms with Crippen molar-refractivity contribution in [2.75, 3.05) is 46.1 Å². The zero-order valence-corrected chi connectivity index (χ0v) is 9.30. The van der Waals surface area contributed by atoms with Crippen LogP contribution in [0, 0.1) is 0 Å². The predicted octanol–water partition coefficient (Wildman–Crippen LogP) is -1.39. The second-order valence-electron chi connectivity index (χ2n) is 3.68. The second-order valence-corrected chi connectivity index (χ2v) is 3.68. The molecule has 0 spiro atoms. The van der Waals surface area contributed by atoms with Crippen LogP contribution in [-0.2, 0) is 14.3 Å². The van der Waals surface area contributed by atoms with E-state index in [0.29, 0.717) is 32.8 Å². The van der Waals surface area contributed by atoms with Crippen molar-refractivity contribution >= 4 is 5.97 Å². The topological polar surface area (TPSA) is 82.5 Å². The number of ether oxygens (including phenoxy) is 2. The summed E-state index contributed by atoms with van der Waals surface area (Å²) < 4.78 is 9.86. The highest BCUT2D eigenvalue weighted by atomic mass is 16.6. The minimum atomic E-state index is -0.267. The van der Waals surface area contributed by atoms with E-state index in [-0.39, 0.29) is 31.7 Å². The van der Waals surface area contributed by atoms with Crippen LogP contribution in [0.2, 0.25) is 0 Å². The Balaban J connectivity index is 2.06. The molecule has 0 aliphatic carbocycles. The van der Waals surface area contributed by atoms with E-state index in [4.69, 9.17) is 19.7 Å². The first-order valence-corrected chi connectivity index (χ1v) is 5.47. The highest BCUT2D eigenvalue weighted by molar-refractivity contribution is 5.69. The minimum absolute atomic E-state index is 0.0188. The second kappa shape index (κ2) is 7.56. The van der Waals surface area contributed by atoms with Gasteiger partial charge in [0.05, 0.1) is 26.2 Å². The Morgan fingerprint density at radius 1 is 1.31 bits per heavy atom. The SMILES string of the molecule is O=C(CCN(CCO)CCO)OCC1CO1. The van der Waals surface area contributed by atoms with Gasteiger partial charge in [-0.15, -0.1) is 0 Å². The molecule has 1 unspecified atom stereocenters. The van der Waals surface area contributed by atoms with Gasteiger partial charge in [0, 0.05) is 19.6 Å². The number of nitrogens with zero attached hydrogens (tertiary/aromatic N) is 1. The first kappa shape index (κ1) is 13.4. The molecule has 1 heterocycles. The van der Waals surface area contributed by atoms with Crippen molar-refractivity contribution in [1.82, 2.24) is 4.90 Å². The van der Waals surface area contributed by atoms with Crippen LogP contribution in [0.1, 0.15) is 6.42 Å². The molecule has 0 radical (unpaired) electrons. The molecule has 0 amide bonds. The van der Waals surface area contributed by atoms with Crippen molar-refractivity contribution in [3.63, 3.8) is 0 Å². The van der Waals surface area contributed by atoms with Gasteiger partial charge in [-0.1, -0.05) is 0 Å². The van der Waals surface area contributed by atoms with Crippen molar-refractivity contribution in [3.05, 3.63) is 0 Å². The number of aliphatic hydroxyl groups is 2. The predicted molar refractivity (Wildman–Crippen MR) is 55.9 cm³/mol. The third kappa shape index (κ3) is 6.02. The highest BCUT2D eigenvalue weighted by Gasteiger charge is 2.24. The van der Waals surface area contributed by atoms with Crippen LogP contribution in [0.5, 0.6) is 0 Å². The fourth-order valence-corrected chi connectivity index (χ4v) is 1.29. The molecule has 0 bridgehead atoms. The van der Waals surface area contributed by atoms with Crippen molar-refractivity contribution in [1.29, 1.82) is 0 Å². The van der Waals surface area contributed by atoms with Gasteiger partial charge in [-0.3, -0.25) is 9.69 Å². The summed E-state index contributed by atoms with van der Waals surface area (Å²) >= 11 is 0. The van der Waals surface area contributed by atoms with Gasteiger partial charge in [0.1, 0.15) is 12.7 Å². The third-order valence-electron chi connectivity index (χ3n) is 2.30. The van der Waals surface area contributed by atoms with Crippen LogP contribution in [0.25, 0.3) is 0 Å². The van der Waals surface area contributed by atoms with Crippen LogP contribution in [-0.4, -0.2) is 73.2 Å². The van der Waals surface area contributed by atoms with Gasteiger partial charge in [-0.05, 0) is 0 Å². The van der Waals surface area contributed by atoms with E-state index in [0.717, 1.165) is 0 Å². The molecule has 94 valence electrons. The molecular formula is C10H19NO5. The Morgan fingerprint density at radius 2 is 1.94 bits per heavy atom. The number of rotatable bonds is 9. The van der Waals surface area contributed by atoms with Crippen molar-refractivity contribution in [2.24, 2.45) is 0 Å². The van der Waals surface area contributed by atoms with Gasteiger partial charge < -0.3 is 19.7 Å². The Morgan fingerprint density at radius 3 is 2.44 bits per heavy atom. The van der Waals surface area contributed by atoms with Crippen molar-refractivity contribution in [2.45, 2.75) is 12.5 Å². The van der Waals surface area contributed by atoms with Gasteiger partial charge in [-0.25, -0.2) is 0 Å². The van der Waals surface area contributed by atoms with Crippen LogP contribution in [0.3, 0.4) is 0 Å². The summed E-state index contributed by atoms with van der Waals surface area (Å²) in [6.45, 7) is 2.45. The number of carbonyl (C=O) groups excluding carboxylic acids is 1. The van der Waals surface area contributed by atoms with Crippen LogP contribution in [0.15, 0.2) is 0 Å². The van der Waals surface area contributed by atoms with E-state index in [1.165, 1.54) is 0 Å². The summed E-state index contributed by atoms with van der Waals surface area (Å²) in [7, 11) is 0. The summed E-state index contributed by atoms with van der Waals surface area (Å²) in [6, 6.07) is 0. The number of esters is 1. The number of hydrogen-bond donors (Lipinski definition) is 2. The van der Waals surface area contributed by atoms with Crippen LogP contribution < -0.4 is 0 Å². The molecule has 6 nitrogen and oxygen atoms in total. The smallest absolute Gasteiger partial charge is 0.307 e. The lowest BCUT2D eigenvalue weighted by atomic mass is 10.3. The third-order valence-corrected chi connectivity index (χ3v) is 2.30. The molecule has 1 atom stereocenters. The molecule has 0 aromatic heterocycles. The molecule has 1 saturated heterocycles. The van der Waals surface area contributed by atoms with Gasteiger partial charge in [-0.2, -0.15) is 0 Å². The van der Waals surface area contributed by atoms with Crippen LogP contribution >= 0.6 is 0 Å². The Kier molecular flexibility index (Phi) is 6.32. The summed E-state index contributed by atoms with van der Waals surface area (Å²) in [5.74, 6) is -0.267. The lowest BCUT2D eigenvalue weighted by Gasteiger charge is -2.19. The van der Waals surface area contributed by atoms with Gasteiger partial charge >= 0.3 is 5.97 Å². The lowest BCUT2D eigenvalue weighted by Crippen LogP contribution is -2.32. The van der Waals surface area contributed by atoms with Crippen LogP contribution in [0.4, 0.5) is 0 Å². The number of carbonyl (C=O) groups is 1. The summed E-state index contributed by atoms with van der Waals surface area (Å²) in [4.78, 5) is 13.1. The highest BCUT2D eigenvalue weighted by Crippen LogP contribution is 2.08. The summed E-state index contributed by atoms with van der Waals surface area (Å²) in [5.41, 5.74) is 0. The Labute approximate surface area is 94.8 Å². The van der Waals surface area contributed by atoms with E-state index >= 15 is 0 Å². The van der Waals surface area contributed by atoms with Crippen molar-refractivity contribution < 1.29 is 24.5 Å². The summed E-state index contributed by atoms with van der Waals surface area (Å²) in [6.07, 6.45) is 0.363. The zero-order valence-electron chi connectivity index (χ0n) is 9.30. The molecule has 1 rings (SSSR count). The largest absolute Gasteiger partial charge is 0.463 e. The average molecular weight is 233 g/mol. The molecule has 0 saturated carbocycles. The summed E-state index contributed by atoms with van der Waals surface area (Å²) in [5, 5.41) is 17.5. The standard InChI is InChI=1S/C10H19NO5/c12-5-3-11(4-6-13)2-1-10(14)16-8-9-7-15-9/h9,12-13H,1-8H2. The number of aliphatic hydroxyl groups excluding tert-OH is 2. The normalized spacial score (nSPS) is 18.8. The maximum absolute atomic E-state index is 11.3. The van der Waals surface area contributed by atoms with Gasteiger partial charge in [0.2, 0.25) is 0 Å². The van der Waals surface area contributed by atoms with Gasteiger partial charge in [0.25, 0.3) is 0 Å². The first-order valence-electron chi connectivity index (χ1n) is 5.47. The molecule has 1 fully saturated rings. The molecule has 1 aliphatic rings. The molecule has 2 N–H and O–H groups in total. The Hall–Kier alpha value is -0.690. The fourth-order valence-electron chi connectivity index (χ4n) is 1.29. The van der Waals surface area contributed by atoms with Gasteiger partial charge in [0.15, 0.2) is 0 Å². The van der Waals surface area contributed by atoms with E-state index < -0.39 is 0 Å². The average Bonchev–Trinajstić information content (AvgIpc) is 3.07. The van der Waals surface area contributed by atoms with E-state index in [2.05, 4.69) is 0 Å². The fraction of sp³-hybridized carbons (Fsp3) is 0.900.